The maximum Gasteiger partial charge on any atom is 0.145 e. The van der Waals surface area contributed by atoms with Gasteiger partial charge >= 0.3 is 0 Å². The number of pyridine rings is 1. The lowest BCUT2D eigenvalue weighted by atomic mass is 9.93. The highest BCUT2D eigenvalue weighted by Gasteiger charge is 2.13. The first-order valence-electron chi connectivity index (χ1n) is 9.10. The molecule has 0 radical (unpaired) electrons. The quantitative estimate of drug-likeness (QED) is 0.320. The van der Waals surface area contributed by atoms with E-state index in [9.17, 15) is 4.39 Å². The molecule has 0 spiro atoms. The molecule has 5 aromatic rings. The van der Waals surface area contributed by atoms with E-state index in [2.05, 4.69) is 53.1 Å². The fourth-order valence-corrected chi connectivity index (χ4v) is 4.27. The van der Waals surface area contributed by atoms with E-state index >= 15 is 0 Å². The Labute approximate surface area is 156 Å². The molecule has 0 unspecified atom stereocenters. The average Bonchev–Trinajstić information content (AvgIpc) is 3.03. The topological polar surface area (TPSA) is 17.3 Å². The Morgan fingerprint density at radius 2 is 1.52 bits per heavy atom. The number of aryl methyl sites for hydroxylation is 3. The van der Waals surface area contributed by atoms with Crippen LogP contribution in [-0.4, -0.2) is 9.38 Å². The molecule has 2 nitrogen and oxygen atoms in total. The minimum Gasteiger partial charge on any atom is -0.299 e. The maximum absolute atomic E-state index is 13.8. The Morgan fingerprint density at radius 1 is 0.815 bits per heavy atom. The zero-order valence-electron chi connectivity index (χ0n) is 15.5. The molecule has 0 N–H and O–H groups in total. The standard InChI is InChI=1S/C24H19FN2/c1-14-10-18(25)11-15(2)23(14)17-8-9-22-21(12-17)19-6-4-5-7-20(19)24-26-16(3)13-27(22)24/h4-13H,1-3H3. The molecule has 132 valence electrons. The van der Waals surface area contributed by atoms with Crippen molar-refractivity contribution < 1.29 is 4.39 Å². The van der Waals surface area contributed by atoms with Crippen molar-refractivity contribution in [3.05, 3.63) is 83.4 Å². The van der Waals surface area contributed by atoms with Gasteiger partial charge in [-0.15, -0.1) is 0 Å². The SMILES string of the molecule is Cc1cn2c3ccc(-c4c(C)cc(F)cc4C)cc3c3ccccc3c2n1. The van der Waals surface area contributed by atoms with E-state index in [4.69, 9.17) is 4.98 Å². The van der Waals surface area contributed by atoms with Crippen molar-refractivity contribution >= 4 is 27.3 Å². The van der Waals surface area contributed by atoms with E-state index in [1.165, 1.54) is 10.8 Å². The summed E-state index contributed by atoms with van der Waals surface area (Å²) in [4.78, 5) is 4.73. The first-order valence-corrected chi connectivity index (χ1v) is 9.10. The summed E-state index contributed by atoms with van der Waals surface area (Å²) in [7, 11) is 0. The van der Waals surface area contributed by atoms with Crippen LogP contribution in [0.5, 0.6) is 0 Å². The smallest absolute Gasteiger partial charge is 0.145 e. The number of halogens is 1. The van der Waals surface area contributed by atoms with Gasteiger partial charge in [-0.2, -0.15) is 0 Å². The molecule has 0 saturated carbocycles. The number of benzene rings is 3. The van der Waals surface area contributed by atoms with Crippen LogP contribution in [0.15, 0.2) is 60.8 Å². The van der Waals surface area contributed by atoms with Crippen LogP contribution < -0.4 is 0 Å². The zero-order chi connectivity index (χ0) is 18.7. The van der Waals surface area contributed by atoms with Crippen molar-refractivity contribution in [1.29, 1.82) is 0 Å². The first-order chi connectivity index (χ1) is 13.0. The molecule has 5 rings (SSSR count). The highest BCUT2D eigenvalue weighted by Crippen LogP contribution is 2.35. The van der Waals surface area contributed by atoms with Gasteiger partial charge in [0.1, 0.15) is 11.5 Å². The molecular weight excluding hydrogens is 335 g/mol. The van der Waals surface area contributed by atoms with Crippen LogP contribution in [0, 0.1) is 26.6 Å². The van der Waals surface area contributed by atoms with Gasteiger partial charge in [-0.1, -0.05) is 30.3 Å². The Balaban J connectivity index is 1.92. The molecular formula is C24H19FN2. The van der Waals surface area contributed by atoms with Crippen LogP contribution in [0.3, 0.4) is 0 Å². The second-order valence-electron chi connectivity index (χ2n) is 7.27. The fourth-order valence-electron chi connectivity index (χ4n) is 4.27. The number of hydrogen-bond acceptors (Lipinski definition) is 1. The second-order valence-corrected chi connectivity index (χ2v) is 7.27. The highest BCUT2D eigenvalue weighted by atomic mass is 19.1. The predicted octanol–water partition coefficient (Wildman–Crippen LogP) is 6.37. The third-order valence-corrected chi connectivity index (χ3v) is 5.33. The van der Waals surface area contributed by atoms with E-state index in [-0.39, 0.29) is 5.82 Å². The Hall–Kier alpha value is -3.20. The molecule has 0 aliphatic rings. The fraction of sp³-hybridized carbons (Fsp3) is 0.125. The molecule has 0 aliphatic carbocycles. The summed E-state index contributed by atoms with van der Waals surface area (Å²) in [6.45, 7) is 5.96. The molecule has 0 bridgehead atoms. The van der Waals surface area contributed by atoms with Crippen LogP contribution >= 0.6 is 0 Å². The van der Waals surface area contributed by atoms with Gasteiger partial charge in [-0.3, -0.25) is 4.40 Å². The Morgan fingerprint density at radius 3 is 2.26 bits per heavy atom. The molecule has 3 heteroatoms. The van der Waals surface area contributed by atoms with Crippen LogP contribution in [0.25, 0.3) is 38.4 Å². The van der Waals surface area contributed by atoms with Gasteiger partial charge < -0.3 is 0 Å². The largest absolute Gasteiger partial charge is 0.299 e. The van der Waals surface area contributed by atoms with Crippen molar-refractivity contribution in [2.24, 2.45) is 0 Å². The van der Waals surface area contributed by atoms with Gasteiger partial charge in [0.25, 0.3) is 0 Å². The van der Waals surface area contributed by atoms with Gasteiger partial charge in [0.05, 0.1) is 11.2 Å². The van der Waals surface area contributed by atoms with E-state index in [1.54, 1.807) is 12.1 Å². The highest BCUT2D eigenvalue weighted by molar-refractivity contribution is 6.12. The molecule has 0 atom stereocenters. The van der Waals surface area contributed by atoms with Gasteiger partial charge in [0.15, 0.2) is 0 Å². The lowest BCUT2D eigenvalue weighted by molar-refractivity contribution is 0.625. The molecule has 0 aliphatic heterocycles. The third-order valence-electron chi connectivity index (χ3n) is 5.33. The normalized spacial score (nSPS) is 11.7. The predicted molar refractivity (Wildman–Crippen MR) is 110 cm³/mol. The summed E-state index contributed by atoms with van der Waals surface area (Å²) >= 11 is 0. The second kappa shape index (κ2) is 5.65. The molecule has 0 saturated heterocycles. The lowest BCUT2D eigenvalue weighted by Crippen LogP contribution is -1.93. The summed E-state index contributed by atoms with van der Waals surface area (Å²) in [5.74, 6) is -0.185. The summed E-state index contributed by atoms with van der Waals surface area (Å²) in [6.07, 6.45) is 2.08. The van der Waals surface area contributed by atoms with Crippen molar-refractivity contribution in [2.45, 2.75) is 20.8 Å². The number of nitrogens with zero attached hydrogens (tertiary/aromatic N) is 2. The monoisotopic (exact) mass is 354 g/mol. The minimum absolute atomic E-state index is 0.185. The Kier molecular flexibility index (Phi) is 3.35. The van der Waals surface area contributed by atoms with Crippen LogP contribution in [0.1, 0.15) is 16.8 Å². The molecule has 2 heterocycles. The maximum atomic E-state index is 13.8. The van der Waals surface area contributed by atoms with Gasteiger partial charge in [0.2, 0.25) is 0 Å². The van der Waals surface area contributed by atoms with Crippen LogP contribution in [-0.2, 0) is 0 Å². The van der Waals surface area contributed by atoms with Crippen molar-refractivity contribution in [3.63, 3.8) is 0 Å². The number of rotatable bonds is 1. The molecule has 0 amide bonds. The summed E-state index contributed by atoms with van der Waals surface area (Å²) in [5.41, 5.74) is 7.24. The van der Waals surface area contributed by atoms with E-state index in [0.717, 1.165) is 44.5 Å². The lowest BCUT2D eigenvalue weighted by Gasteiger charge is -2.13. The average molecular weight is 354 g/mol. The third kappa shape index (κ3) is 2.35. The van der Waals surface area contributed by atoms with Crippen LogP contribution in [0.2, 0.25) is 0 Å². The van der Waals surface area contributed by atoms with E-state index in [0.29, 0.717) is 0 Å². The first kappa shape index (κ1) is 16.0. The van der Waals surface area contributed by atoms with Gasteiger partial charge in [-0.05, 0) is 72.7 Å². The van der Waals surface area contributed by atoms with Crippen LogP contribution in [0.4, 0.5) is 4.39 Å². The Bertz CT molecular complexity index is 1340. The van der Waals surface area contributed by atoms with Crippen molar-refractivity contribution in [3.8, 4) is 11.1 Å². The molecule has 27 heavy (non-hydrogen) atoms. The number of hydrogen-bond donors (Lipinski definition) is 0. The summed E-state index contributed by atoms with van der Waals surface area (Å²) in [5, 5.41) is 3.50. The van der Waals surface area contributed by atoms with Crippen molar-refractivity contribution in [1.82, 2.24) is 9.38 Å². The zero-order valence-corrected chi connectivity index (χ0v) is 15.5. The number of aromatic nitrogens is 2. The van der Waals surface area contributed by atoms with E-state index < -0.39 is 0 Å². The van der Waals surface area contributed by atoms with Crippen molar-refractivity contribution in [2.75, 3.05) is 0 Å². The summed E-state index contributed by atoms with van der Waals surface area (Å²) in [6, 6.07) is 18.1. The molecule has 3 aromatic carbocycles. The molecule has 0 fully saturated rings. The van der Waals surface area contributed by atoms with Gasteiger partial charge in [-0.25, -0.2) is 9.37 Å². The minimum atomic E-state index is -0.185. The van der Waals surface area contributed by atoms with Gasteiger partial charge in [0, 0.05) is 17.0 Å². The number of imidazole rings is 1. The molecule has 2 aromatic heterocycles. The number of fused-ring (bicyclic) bond motifs is 6. The van der Waals surface area contributed by atoms with E-state index in [1.807, 2.05) is 20.8 Å². The summed E-state index contributed by atoms with van der Waals surface area (Å²) < 4.78 is 15.9.